The van der Waals surface area contributed by atoms with Gasteiger partial charge in [-0.25, -0.2) is 0 Å². The molecule has 2 unspecified atom stereocenters. The van der Waals surface area contributed by atoms with Gasteiger partial charge < -0.3 is 9.63 Å². The molecule has 0 saturated carbocycles. The Morgan fingerprint density at radius 1 is 1.58 bits per heavy atom. The normalized spacial score (nSPS) is 24.5. The zero-order valence-electron chi connectivity index (χ0n) is 11.5. The monoisotopic (exact) mass is 267 g/mol. The summed E-state index contributed by atoms with van der Waals surface area (Å²) in [6, 6.07) is -0.440. The number of likely N-dealkylation sites (tertiary alicyclic amines) is 1. The van der Waals surface area contributed by atoms with Crippen molar-refractivity contribution in [2.45, 2.75) is 52.1 Å². The summed E-state index contributed by atoms with van der Waals surface area (Å²) < 4.78 is 5.18. The molecule has 0 amide bonds. The average Bonchev–Trinajstić information content (AvgIpc) is 2.79. The molecule has 2 heterocycles. The van der Waals surface area contributed by atoms with E-state index in [0.717, 1.165) is 25.8 Å². The first-order valence-corrected chi connectivity index (χ1v) is 6.88. The summed E-state index contributed by atoms with van der Waals surface area (Å²) in [5.41, 5.74) is 0. The summed E-state index contributed by atoms with van der Waals surface area (Å²) in [7, 11) is 0. The molecule has 6 heteroatoms. The van der Waals surface area contributed by atoms with Crippen LogP contribution < -0.4 is 0 Å². The summed E-state index contributed by atoms with van der Waals surface area (Å²) in [5.74, 6) is 0.912. The third-order valence-corrected chi connectivity index (χ3v) is 3.58. The first kappa shape index (κ1) is 14.0. The average molecular weight is 267 g/mol. The molecule has 19 heavy (non-hydrogen) atoms. The second kappa shape index (κ2) is 6.14. The van der Waals surface area contributed by atoms with Gasteiger partial charge in [0.1, 0.15) is 6.04 Å². The molecule has 1 fully saturated rings. The Morgan fingerprint density at radius 2 is 2.37 bits per heavy atom. The van der Waals surface area contributed by atoms with Crippen molar-refractivity contribution in [2.24, 2.45) is 5.92 Å². The number of hydrogen-bond acceptors (Lipinski definition) is 5. The lowest BCUT2D eigenvalue weighted by Crippen LogP contribution is -2.46. The smallest absolute Gasteiger partial charge is 0.320 e. The quantitative estimate of drug-likeness (QED) is 0.874. The minimum Gasteiger partial charge on any atom is -0.480 e. The fourth-order valence-electron chi connectivity index (χ4n) is 2.49. The highest BCUT2D eigenvalue weighted by Crippen LogP contribution is 2.24. The number of rotatable bonds is 5. The number of aliphatic carboxylic acids is 1. The molecule has 0 spiro atoms. The van der Waals surface area contributed by atoms with Crippen molar-refractivity contribution in [3.05, 3.63) is 11.7 Å². The Bertz CT molecular complexity index is 433. The van der Waals surface area contributed by atoms with E-state index in [2.05, 4.69) is 24.0 Å². The summed E-state index contributed by atoms with van der Waals surface area (Å²) in [4.78, 5) is 17.5. The van der Waals surface area contributed by atoms with Crippen LogP contribution in [0.4, 0.5) is 0 Å². The first-order valence-electron chi connectivity index (χ1n) is 6.88. The summed E-state index contributed by atoms with van der Waals surface area (Å²) in [6.45, 7) is 5.35. The summed E-state index contributed by atoms with van der Waals surface area (Å²) in [5, 5.41) is 13.2. The maximum atomic E-state index is 11.3. The number of nitrogens with zero attached hydrogens (tertiary/aromatic N) is 3. The van der Waals surface area contributed by atoms with Crippen molar-refractivity contribution in [3.8, 4) is 0 Å². The van der Waals surface area contributed by atoms with E-state index < -0.39 is 12.0 Å². The fourth-order valence-corrected chi connectivity index (χ4v) is 2.49. The van der Waals surface area contributed by atoms with E-state index in [9.17, 15) is 9.90 Å². The van der Waals surface area contributed by atoms with Crippen LogP contribution in [0.25, 0.3) is 0 Å². The highest BCUT2D eigenvalue weighted by Gasteiger charge is 2.32. The van der Waals surface area contributed by atoms with Gasteiger partial charge in [-0.05, 0) is 31.7 Å². The van der Waals surface area contributed by atoms with Crippen LogP contribution in [0.15, 0.2) is 4.52 Å². The van der Waals surface area contributed by atoms with Crippen LogP contribution in [0.2, 0.25) is 0 Å². The van der Waals surface area contributed by atoms with Gasteiger partial charge in [-0.1, -0.05) is 19.0 Å². The zero-order valence-corrected chi connectivity index (χ0v) is 11.5. The summed E-state index contributed by atoms with van der Waals surface area (Å²) >= 11 is 0. The Morgan fingerprint density at radius 3 is 3.05 bits per heavy atom. The lowest BCUT2D eigenvalue weighted by atomic mass is 9.92. The van der Waals surface area contributed by atoms with E-state index >= 15 is 0 Å². The van der Waals surface area contributed by atoms with Gasteiger partial charge >= 0.3 is 5.97 Å². The lowest BCUT2D eigenvalue weighted by Gasteiger charge is -2.34. The fraction of sp³-hybridized carbons (Fsp3) is 0.769. The Kier molecular flexibility index (Phi) is 4.52. The van der Waals surface area contributed by atoms with Gasteiger partial charge in [0.05, 0.1) is 6.54 Å². The maximum Gasteiger partial charge on any atom is 0.320 e. The molecule has 0 aromatic carbocycles. The molecule has 1 aromatic heterocycles. The third kappa shape index (κ3) is 3.53. The predicted octanol–water partition coefficient (Wildman–Crippen LogP) is 1.71. The number of carbonyl (C=O) groups is 1. The molecular formula is C13H21N3O3. The molecule has 0 aliphatic carbocycles. The molecule has 1 aromatic rings. The molecule has 6 nitrogen and oxygen atoms in total. The van der Waals surface area contributed by atoms with Gasteiger partial charge in [-0.15, -0.1) is 0 Å². The Balaban J connectivity index is 2.01. The highest BCUT2D eigenvalue weighted by molar-refractivity contribution is 5.73. The number of piperidine rings is 1. The molecule has 0 bridgehead atoms. The zero-order chi connectivity index (χ0) is 13.8. The van der Waals surface area contributed by atoms with E-state index in [1.54, 1.807) is 0 Å². The van der Waals surface area contributed by atoms with Gasteiger partial charge in [0.25, 0.3) is 0 Å². The van der Waals surface area contributed by atoms with E-state index in [4.69, 9.17) is 4.52 Å². The van der Waals surface area contributed by atoms with Gasteiger partial charge in [0.15, 0.2) is 5.82 Å². The van der Waals surface area contributed by atoms with Crippen molar-refractivity contribution < 1.29 is 14.4 Å². The third-order valence-electron chi connectivity index (χ3n) is 3.58. The number of aromatic nitrogens is 2. The summed E-state index contributed by atoms with van der Waals surface area (Å²) in [6.07, 6.45) is 3.46. The number of carboxylic acid groups (broad SMARTS) is 1. The van der Waals surface area contributed by atoms with Gasteiger partial charge in [0.2, 0.25) is 5.89 Å². The Labute approximate surface area is 112 Å². The minimum absolute atomic E-state index is 0.431. The van der Waals surface area contributed by atoms with Crippen LogP contribution in [0.1, 0.15) is 44.8 Å². The van der Waals surface area contributed by atoms with Crippen LogP contribution >= 0.6 is 0 Å². The molecule has 1 aliphatic rings. The van der Waals surface area contributed by atoms with Crippen LogP contribution in [0.5, 0.6) is 0 Å². The molecule has 1 N–H and O–H groups in total. The van der Waals surface area contributed by atoms with Gasteiger partial charge in [-0.2, -0.15) is 4.98 Å². The van der Waals surface area contributed by atoms with Crippen LogP contribution in [-0.2, 0) is 17.8 Å². The molecule has 1 saturated heterocycles. The van der Waals surface area contributed by atoms with Gasteiger partial charge in [-0.3, -0.25) is 9.69 Å². The van der Waals surface area contributed by atoms with E-state index in [0.29, 0.717) is 30.6 Å². The maximum absolute atomic E-state index is 11.3. The first-order chi connectivity index (χ1) is 9.10. The van der Waals surface area contributed by atoms with Crippen molar-refractivity contribution >= 4 is 5.97 Å². The van der Waals surface area contributed by atoms with E-state index in [-0.39, 0.29) is 0 Å². The van der Waals surface area contributed by atoms with E-state index in [1.807, 2.05) is 4.90 Å². The molecule has 2 atom stereocenters. The van der Waals surface area contributed by atoms with Crippen LogP contribution in [0, 0.1) is 5.92 Å². The van der Waals surface area contributed by atoms with Crippen molar-refractivity contribution in [1.82, 2.24) is 15.0 Å². The van der Waals surface area contributed by atoms with Crippen molar-refractivity contribution in [2.75, 3.05) is 6.54 Å². The van der Waals surface area contributed by atoms with Gasteiger partial charge in [0, 0.05) is 6.42 Å². The molecular weight excluding hydrogens is 246 g/mol. The standard InChI is InChI=1S/C13H21N3O3/c1-3-4-11-14-12(19-15-11)8-16-6-5-9(2)7-10(16)13(17)18/h9-10H,3-8H2,1-2H3,(H,17,18). The highest BCUT2D eigenvalue weighted by atomic mass is 16.5. The number of carboxylic acids is 1. The van der Waals surface area contributed by atoms with Crippen molar-refractivity contribution in [3.63, 3.8) is 0 Å². The Hall–Kier alpha value is -1.43. The van der Waals surface area contributed by atoms with E-state index in [1.165, 1.54) is 0 Å². The lowest BCUT2D eigenvalue weighted by molar-refractivity contribution is -0.145. The SMILES string of the molecule is CCCc1noc(CN2CCC(C)CC2C(=O)O)n1. The number of aryl methyl sites for hydroxylation is 1. The second-order valence-electron chi connectivity index (χ2n) is 5.31. The molecule has 0 radical (unpaired) electrons. The molecule has 2 rings (SSSR count). The largest absolute Gasteiger partial charge is 0.480 e. The van der Waals surface area contributed by atoms with Crippen LogP contribution in [0.3, 0.4) is 0 Å². The minimum atomic E-state index is -0.764. The van der Waals surface area contributed by atoms with Crippen LogP contribution in [-0.4, -0.2) is 38.7 Å². The predicted molar refractivity (Wildman–Crippen MR) is 68.5 cm³/mol. The molecule has 106 valence electrons. The number of hydrogen-bond donors (Lipinski definition) is 1. The topological polar surface area (TPSA) is 79.5 Å². The second-order valence-corrected chi connectivity index (χ2v) is 5.31. The van der Waals surface area contributed by atoms with Crippen molar-refractivity contribution in [1.29, 1.82) is 0 Å². The molecule has 1 aliphatic heterocycles.